The number of thiazole rings is 1. The smallest absolute Gasteiger partial charge is 0.406 e. The molecular formula is C22H28F3N5O4S. The van der Waals surface area contributed by atoms with Gasteiger partial charge in [0, 0.05) is 19.0 Å². The second-order valence-electron chi connectivity index (χ2n) is 8.80. The predicted octanol–water partition coefficient (Wildman–Crippen LogP) is 4.46. The average molecular weight is 516 g/mol. The van der Waals surface area contributed by atoms with Crippen LogP contribution in [0.15, 0.2) is 23.4 Å². The molecule has 1 atom stereocenters. The number of hydrogen-bond acceptors (Lipinski definition) is 8. The van der Waals surface area contributed by atoms with Crippen molar-refractivity contribution in [3.63, 3.8) is 0 Å². The van der Waals surface area contributed by atoms with Gasteiger partial charge in [0.2, 0.25) is 11.8 Å². The maximum Gasteiger partial charge on any atom is 0.573 e. The van der Waals surface area contributed by atoms with Crippen LogP contribution in [0.25, 0.3) is 10.2 Å². The second-order valence-corrected chi connectivity index (χ2v) is 9.83. The molecule has 1 aromatic carbocycles. The van der Waals surface area contributed by atoms with E-state index in [1.165, 1.54) is 18.2 Å². The lowest BCUT2D eigenvalue weighted by Gasteiger charge is -2.37. The first-order valence-corrected chi connectivity index (χ1v) is 12.2. The molecular weight excluding hydrogens is 487 g/mol. The molecule has 0 spiro atoms. The lowest BCUT2D eigenvalue weighted by Crippen LogP contribution is -2.47. The van der Waals surface area contributed by atoms with Crippen LogP contribution in [0.5, 0.6) is 5.75 Å². The van der Waals surface area contributed by atoms with E-state index >= 15 is 0 Å². The number of benzene rings is 1. The van der Waals surface area contributed by atoms with Gasteiger partial charge >= 0.3 is 6.36 Å². The van der Waals surface area contributed by atoms with Crippen LogP contribution < -0.4 is 21.1 Å². The Kier molecular flexibility index (Phi) is 9.00. The highest BCUT2D eigenvalue weighted by Crippen LogP contribution is 2.39. The molecule has 0 radical (unpaired) electrons. The molecule has 0 bridgehead atoms. The van der Waals surface area contributed by atoms with E-state index in [9.17, 15) is 27.7 Å². The van der Waals surface area contributed by atoms with Gasteiger partial charge in [0.05, 0.1) is 22.8 Å². The van der Waals surface area contributed by atoms with E-state index in [1.54, 1.807) is 0 Å². The van der Waals surface area contributed by atoms with Crippen molar-refractivity contribution in [2.24, 2.45) is 16.3 Å². The predicted molar refractivity (Wildman–Crippen MR) is 126 cm³/mol. The van der Waals surface area contributed by atoms with Gasteiger partial charge in [-0.15, -0.1) is 13.2 Å². The number of fused-ring (bicyclic) bond motifs is 1. The Labute approximate surface area is 204 Å². The first-order valence-electron chi connectivity index (χ1n) is 11.4. The SMILES string of the molecule is NC(CCCN=O)C(=O)NCC1(CC(=O)Nc2nc3ccc(OC(F)(F)F)cc3s2)CCCCC1. The Morgan fingerprint density at radius 3 is 2.69 bits per heavy atom. The highest BCUT2D eigenvalue weighted by atomic mass is 32.1. The number of aromatic nitrogens is 1. The number of anilines is 1. The van der Waals surface area contributed by atoms with Crippen molar-refractivity contribution in [2.45, 2.75) is 63.8 Å². The zero-order valence-electron chi connectivity index (χ0n) is 19.0. The van der Waals surface area contributed by atoms with Crippen LogP contribution in [0.4, 0.5) is 18.3 Å². The Morgan fingerprint density at radius 2 is 2.00 bits per heavy atom. The van der Waals surface area contributed by atoms with Gasteiger partial charge in [0.25, 0.3) is 0 Å². The van der Waals surface area contributed by atoms with Crippen LogP contribution in [0.2, 0.25) is 0 Å². The van der Waals surface area contributed by atoms with Crippen LogP contribution >= 0.6 is 11.3 Å². The molecule has 1 aliphatic carbocycles. The normalized spacial score (nSPS) is 16.5. The summed E-state index contributed by atoms with van der Waals surface area (Å²) in [5.41, 5.74) is 5.91. The molecule has 2 aromatic rings. The third kappa shape index (κ3) is 8.13. The number of nitrogens with one attached hydrogen (secondary N) is 2. The van der Waals surface area contributed by atoms with E-state index in [-0.39, 0.29) is 35.7 Å². The maximum atomic E-state index is 12.9. The van der Waals surface area contributed by atoms with E-state index in [4.69, 9.17) is 5.73 Å². The summed E-state index contributed by atoms with van der Waals surface area (Å²) in [6.45, 7) is 0.407. The largest absolute Gasteiger partial charge is 0.573 e. The summed E-state index contributed by atoms with van der Waals surface area (Å²) in [5, 5.41) is 8.64. The molecule has 4 N–H and O–H groups in total. The number of hydrogen-bond donors (Lipinski definition) is 3. The minimum atomic E-state index is -4.80. The highest BCUT2D eigenvalue weighted by molar-refractivity contribution is 7.22. The van der Waals surface area contributed by atoms with Crippen molar-refractivity contribution < 1.29 is 27.5 Å². The minimum absolute atomic E-state index is 0.105. The molecule has 1 aromatic heterocycles. The maximum absolute atomic E-state index is 12.9. The number of nitrogens with two attached hydrogens (primary N) is 1. The van der Waals surface area contributed by atoms with Gasteiger partial charge in [0.1, 0.15) is 5.75 Å². The molecule has 0 saturated heterocycles. The number of carbonyl (C=O) groups excluding carboxylic acids is 2. The Morgan fingerprint density at radius 1 is 1.26 bits per heavy atom. The first kappa shape index (κ1) is 26.8. The van der Waals surface area contributed by atoms with Gasteiger partial charge in [-0.05, 0) is 43.2 Å². The Hall–Kier alpha value is -2.80. The van der Waals surface area contributed by atoms with Crippen LogP contribution in [0, 0.1) is 10.3 Å². The Balaban J connectivity index is 1.61. The van der Waals surface area contributed by atoms with Crippen molar-refractivity contribution in [3.8, 4) is 5.75 Å². The fourth-order valence-corrected chi connectivity index (χ4v) is 5.20. The van der Waals surface area contributed by atoms with Crippen molar-refractivity contribution >= 4 is 38.5 Å². The third-order valence-corrected chi connectivity index (χ3v) is 6.96. The molecule has 192 valence electrons. The molecule has 1 aliphatic rings. The van der Waals surface area contributed by atoms with E-state index in [1.807, 2.05) is 0 Å². The number of nitrogens with zero attached hydrogens (tertiary/aromatic N) is 2. The number of alkyl halides is 3. The van der Waals surface area contributed by atoms with E-state index in [0.717, 1.165) is 43.4 Å². The number of halogens is 3. The summed E-state index contributed by atoms with van der Waals surface area (Å²) in [5.74, 6) is -0.971. The molecule has 13 heteroatoms. The van der Waals surface area contributed by atoms with Crippen molar-refractivity contribution in [1.29, 1.82) is 0 Å². The molecule has 1 saturated carbocycles. The fourth-order valence-electron chi connectivity index (χ4n) is 4.29. The topological polar surface area (TPSA) is 136 Å². The van der Waals surface area contributed by atoms with Gasteiger partial charge < -0.3 is 21.1 Å². The van der Waals surface area contributed by atoms with Crippen molar-refractivity contribution in [2.75, 3.05) is 18.4 Å². The van der Waals surface area contributed by atoms with Gasteiger partial charge in [-0.1, -0.05) is 35.8 Å². The lowest BCUT2D eigenvalue weighted by atomic mass is 9.71. The number of carbonyl (C=O) groups is 2. The molecule has 9 nitrogen and oxygen atoms in total. The monoisotopic (exact) mass is 515 g/mol. The summed E-state index contributed by atoms with van der Waals surface area (Å²) in [6, 6.07) is 3.04. The summed E-state index contributed by atoms with van der Waals surface area (Å²) >= 11 is 1.05. The van der Waals surface area contributed by atoms with E-state index < -0.39 is 17.8 Å². The van der Waals surface area contributed by atoms with E-state index in [0.29, 0.717) is 29.6 Å². The van der Waals surface area contributed by atoms with Gasteiger partial charge in [-0.3, -0.25) is 9.59 Å². The molecule has 1 heterocycles. The molecule has 0 aliphatic heterocycles. The molecule has 35 heavy (non-hydrogen) atoms. The van der Waals surface area contributed by atoms with Gasteiger partial charge in [0.15, 0.2) is 5.13 Å². The van der Waals surface area contributed by atoms with Crippen LogP contribution in [-0.2, 0) is 9.59 Å². The highest BCUT2D eigenvalue weighted by Gasteiger charge is 2.35. The number of nitroso groups, excluding NO2 is 1. The van der Waals surface area contributed by atoms with E-state index in [2.05, 4.69) is 25.5 Å². The molecule has 2 amide bonds. The lowest BCUT2D eigenvalue weighted by molar-refractivity contribution is -0.274. The minimum Gasteiger partial charge on any atom is -0.406 e. The fraction of sp³-hybridized carbons (Fsp3) is 0.591. The molecule has 1 fully saturated rings. The van der Waals surface area contributed by atoms with Crippen molar-refractivity contribution in [3.05, 3.63) is 23.1 Å². The van der Waals surface area contributed by atoms with Crippen LogP contribution in [0.1, 0.15) is 51.4 Å². The third-order valence-electron chi connectivity index (χ3n) is 6.03. The van der Waals surface area contributed by atoms with Gasteiger partial charge in [-0.25, -0.2) is 4.98 Å². The average Bonchev–Trinajstić information content (AvgIpc) is 3.18. The number of amides is 2. The zero-order chi connectivity index (χ0) is 25.5. The second kappa shape index (κ2) is 11.8. The number of ether oxygens (including phenoxy) is 1. The van der Waals surface area contributed by atoms with Crippen LogP contribution in [-0.4, -0.2) is 42.3 Å². The van der Waals surface area contributed by atoms with Crippen molar-refractivity contribution in [1.82, 2.24) is 10.3 Å². The molecule has 3 rings (SSSR count). The zero-order valence-corrected chi connectivity index (χ0v) is 19.8. The summed E-state index contributed by atoms with van der Waals surface area (Å²) in [4.78, 5) is 39.7. The summed E-state index contributed by atoms with van der Waals surface area (Å²) < 4.78 is 41.8. The molecule has 1 unspecified atom stereocenters. The standard InChI is InChI=1S/C22H28F3N5O4S/c23-22(24,25)34-14-6-7-16-17(11-14)35-20(29-16)30-18(31)12-21(8-2-1-3-9-21)13-27-19(32)15(26)5-4-10-28-33/h6-7,11,15H,1-5,8-10,12-13,26H2,(H,27,32)(H,29,30,31). The number of rotatable bonds is 11. The first-order chi connectivity index (χ1) is 16.6. The summed E-state index contributed by atoms with van der Waals surface area (Å²) in [6.07, 6.45) is 0.593. The summed E-state index contributed by atoms with van der Waals surface area (Å²) in [7, 11) is 0. The van der Waals surface area contributed by atoms with Gasteiger partial charge in [-0.2, -0.15) is 4.91 Å². The quantitative estimate of drug-likeness (QED) is 0.299. The van der Waals surface area contributed by atoms with Crippen LogP contribution in [0.3, 0.4) is 0 Å². The Bertz CT molecular complexity index is 1040.